The van der Waals surface area contributed by atoms with E-state index in [4.69, 9.17) is 5.11 Å². The number of para-hydroxylation sites is 1. The molecule has 1 aromatic rings. The quantitative estimate of drug-likeness (QED) is 0.807. The number of carbonyl (C=O) groups excluding carboxylic acids is 1. The van der Waals surface area contributed by atoms with Gasteiger partial charge < -0.3 is 10.0 Å². The molecule has 0 bridgehead atoms. The Bertz CT molecular complexity index is 387. The van der Waals surface area contributed by atoms with Gasteiger partial charge in [-0.3, -0.25) is 4.79 Å². The largest absolute Gasteiger partial charge is 0.396 e. The second-order valence-electron chi connectivity index (χ2n) is 3.88. The van der Waals surface area contributed by atoms with E-state index in [1.54, 1.807) is 4.90 Å². The Kier molecular flexibility index (Phi) is 2.73. The number of nitrogens with zero attached hydrogens (tertiary/aromatic N) is 1. The molecule has 80 valence electrons. The van der Waals surface area contributed by atoms with Gasteiger partial charge in [0.05, 0.1) is 12.1 Å². The van der Waals surface area contributed by atoms with E-state index in [1.807, 2.05) is 25.1 Å². The Morgan fingerprint density at radius 3 is 3.00 bits per heavy atom. The zero-order valence-corrected chi connectivity index (χ0v) is 8.86. The molecular formula is C12H15NO2. The maximum absolute atomic E-state index is 11.7. The monoisotopic (exact) mass is 205 g/mol. The SMILES string of the molecule is Cc1cccc2c1N(CCCO)C(=O)C2. The fourth-order valence-corrected chi connectivity index (χ4v) is 2.10. The molecule has 2 rings (SSSR count). The van der Waals surface area contributed by atoms with Crippen LogP contribution in [-0.4, -0.2) is 24.2 Å². The van der Waals surface area contributed by atoms with Gasteiger partial charge in [-0.15, -0.1) is 0 Å². The highest BCUT2D eigenvalue weighted by molar-refractivity contribution is 6.02. The van der Waals surface area contributed by atoms with Crippen LogP contribution in [0.3, 0.4) is 0 Å². The van der Waals surface area contributed by atoms with Crippen LogP contribution in [0.15, 0.2) is 18.2 Å². The van der Waals surface area contributed by atoms with E-state index in [2.05, 4.69) is 0 Å². The van der Waals surface area contributed by atoms with Gasteiger partial charge in [0.1, 0.15) is 0 Å². The van der Waals surface area contributed by atoms with Gasteiger partial charge >= 0.3 is 0 Å². The number of amides is 1. The highest BCUT2D eigenvalue weighted by atomic mass is 16.3. The average Bonchev–Trinajstić information content (AvgIpc) is 2.53. The number of rotatable bonds is 3. The van der Waals surface area contributed by atoms with Crippen LogP contribution in [0.5, 0.6) is 0 Å². The van der Waals surface area contributed by atoms with E-state index in [1.165, 1.54) is 0 Å². The first-order chi connectivity index (χ1) is 7.24. The predicted octanol–water partition coefficient (Wildman–Crippen LogP) is 1.27. The van der Waals surface area contributed by atoms with E-state index in [9.17, 15) is 4.79 Å². The summed E-state index contributed by atoms with van der Waals surface area (Å²) in [6, 6.07) is 6.00. The Hall–Kier alpha value is -1.35. The van der Waals surface area contributed by atoms with Crippen LogP contribution in [0, 0.1) is 6.92 Å². The van der Waals surface area contributed by atoms with Crippen LogP contribution >= 0.6 is 0 Å². The van der Waals surface area contributed by atoms with Gasteiger partial charge in [0.2, 0.25) is 5.91 Å². The summed E-state index contributed by atoms with van der Waals surface area (Å²) in [6.45, 7) is 2.77. The smallest absolute Gasteiger partial charge is 0.231 e. The molecule has 3 nitrogen and oxygen atoms in total. The van der Waals surface area contributed by atoms with Gasteiger partial charge in [0, 0.05) is 13.2 Å². The lowest BCUT2D eigenvalue weighted by atomic mass is 10.1. The maximum atomic E-state index is 11.7. The van der Waals surface area contributed by atoms with Crippen molar-refractivity contribution in [2.24, 2.45) is 0 Å². The minimum atomic E-state index is 0.130. The molecule has 1 heterocycles. The van der Waals surface area contributed by atoms with E-state index in [0.717, 1.165) is 16.8 Å². The summed E-state index contributed by atoms with van der Waals surface area (Å²) in [4.78, 5) is 13.5. The van der Waals surface area contributed by atoms with Crippen LogP contribution in [0.4, 0.5) is 5.69 Å². The van der Waals surface area contributed by atoms with Crippen molar-refractivity contribution in [1.29, 1.82) is 0 Å². The van der Waals surface area contributed by atoms with Crippen molar-refractivity contribution in [1.82, 2.24) is 0 Å². The normalized spacial score (nSPS) is 14.5. The summed E-state index contributed by atoms with van der Waals surface area (Å²) in [5.41, 5.74) is 3.30. The minimum absolute atomic E-state index is 0.130. The molecule has 15 heavy (non-hydrogen) atoms. The first kappa shape index (κ1) is 10.2. The lowest BCUT2D eigenvalue weighted by Crippen LogP contribution is -2.28. The van der Waals surface area contributed by atoms with Gasteiger partial charge in [-0.25, -0.2) is 0 Å². The number of fused-ring (bicyclic) bond motifs is 1. The van der Waals surface area contributed by atoms with E-state index in [-0.39, 0.29) is 12.5 Å². The standard InChI is InChI=1S/C12H15NO2/c1-9-4-2-5-10-8-11(15)13(12(9)10)6-3-7-14/h2,4-5,14H,3,6-8H2,1H3. The molecule has 0 aromatic heterocycles. The summed E-state index contributed by atoms with van der Waals surface area (Å²) in [5, 5.41) is 8.79. The Balaban J connectivity index is 2.31. The zero-order valence-electron chi connectivity index (χ0n) is 8.86. The number of hydrogen-bond acceptors (Lipinski definition) is 2. The fraction of sp³-hybridized carbons (Fsp3) is 0.417. The molecule has 0 unspecified atom stereocenters. The lowest BCUT2D eigenvalue weighted by Gasteiger charge is -2.18. The van der Waals surface area contributed by atoms with Crippen molar-refractivity contribution in [2.75, 3.05) is 18.1 Å². The second-order valence-corrected chi connectivity index (χ2v) is 3.88. The molecule has 0 atom stereocenters. The summed E-state index contributed by atoms with van der Waals surface area (Å²) < 4.78 is 0. The van der Waals surface area contributed by atoms with Crippen molar-refractivity contribution >= 4 is 11.6 Å². The number of hydrogen-bond donors (Lipinski definition) is 1. The molecule has 1 aromatic carbocycles. The molecule has 0 saturated carbocycles. The Morgan fingerprint density at radius 1 is 1.47 bits per heavy atom. The molecule has 1 aliphatic heterocycles. The number of benzene rings is 1. The lowest BCUT2D eigenvalue weighted by molar-refractivity contribution is -0.117. The fourth-order valence-electron chi connectivity index (χ4n) is 2.10. The topological polar surface area (TPSA) is 40.5 Å². The molecule has 1 amide bonds. The molecule has 1 N–H and O–H groups in total. The molecule has 0 spiro atoms. The minimum Gasteiger partial charge on any atom is -0.396 e. The number of carbonyl (C=O) groups is 1. The molecule has 3 heteroatoms. The molecule has 1 aliphatic rings. The van der Waals surface area contributed by atoms with E-state index < -0.39 is 0 Å². The van der Waals surface area contributed by atoms with E-state index in [0.29, 0.717) is 19.4 Å². The molecule has 0 radical (unpaired) electrons. The van der Waals surface area contributed by atoms with Crippen LogP contribution in [0.1, 0.15) is 17.5 Å². The van der Waals surface area contributed by atoms with Gasteiger partial charge in [0.15, 0.2) is 0 Å². The van der Waals surface area contributed by atoms with Gasteiger partial charge in [-0.05, 0) is 24.5 Å². The highest BCUT2D eigenvalue weighted by Crippen LogP contribution is 2.31. The first-order valence-electron chi connectivity index (χ1n) is 5.23. The molecule has 0 aliphatic carbocycles. The number of aliphatic hydroxyl groups is 1. The van der Waals surface area contributed by atoms with Crippen LogP contribution in [-0.2, 0) is 11.2 Å². The summed E-state index contributed by atoms with van der Waals surface area (Å²) >= 11 is 0. The van der Waals surface area contributed by atoms with Crippen LogP contribution in [0.25, 0.3) is 0 Å². The summed E-state index contributed by atoms with van der Waals surface area (Å²) in [6.07, 6.45) is 1.14. The first-order valence-corrected chi connectivity index (χ1v) is 5.23. The van der Waals surface area contributed by atoms with Crippen molar-refractivity contribution in [2.45, 2.75) is 19.8 Å². The highest BCUT2D eigenvalue weighted by Gasteiger charge is 2.27. The Labute approximate surface area is 89.3 Å². The number of anilines is 1. The van der Waals surface area contributed by atoms with Crippen molar-refractivity contribution < 1.29 is 9.90 Å². The Morgan fingerprint density at radius 2 is 2.27 bits per heavy atom. The number of aliphatic hydroxyl groups excluding tert-OH is 1. The van der Waals surface area contributed by atoms with Crippen LogP contribution in [0.2, 0.25) is 0 Å². The molecule has 0 saturated heterocycles. The van der Waals surface area contributed by atoms with E-state index >= 15 is 0 Å². The summed E-state index contributed by atoms with van der Waals surface area (Å²) in [7, 11) is 0. The molecular weight excluding hydrogens is 190 g/mol. The van der Waals surface area contributed by atoms with Crippen molar-refractivity contribution in [3.8, 4) is 0 Å². The second kappa shape index (κ2) is 4.03. The third kappa shape index (κ3) is 1.75. The number of aryl methyl sites for hydroxylation is 1. The van der Waals surface area contributed by atoms with Gasteiger partial charge in [0.25, 0.3) is 0 Å². The third-order valence-electron chi connectivity index (χ3n) is 2.77. The summed E-state index contributed by atoms with van der Waals surface area (Å²) in [5.74, 6) is 0.146. The van der Waals surface area contributed by atoms with Crippen LogP contribution < -0.4 is 4.90 Å². The molecule has 0 fully saturated rings. The van der Waals surface area contributed by atoms with Crippen molar-refractivity contribution in [3.05, 3.63) is 29.3 Å². The predicted molar refractivity (Wildman–Crippen MR) is 58.9 cm³/mol. The zero-order chi connectivity index (χ0) is 10.8. The van der Waals surface area contributed by atoms with Crippen molar-refractivity contribution in [3.63, 3.8) is 0 Å². The van der Waals surface area contributed by atoms with Gasteiger partial charge in [-0.2, -0.15) is 0 Å². The third-order valence-corrected chi connectivity index (χ3v) is 2.77. The van der Waals surface area contributed by atoms with Gasteiger partial charge in [-0.1, -0.05) is 18.2 Å². The average molecular weight is 205 g/mol. The maximum Gasteiger partial charge on any atom is 0.231 e.